The van der Waals surface area contributed by atoms with E-state index in [1.807, 2.05) is 22.6 Å². The van der Waals surface area contributed by atoms with Crippen molar-refractivity contribution in [2.24, 2.45) is 0 Å². The zero-order chi connectivity index (χ0) is 15.3. The Balaban J connectivity index is 2.82. The number of nitrogens with one attached hydrogen (secondary N) is 2. The number of carboxylic acid groups (broad SMARTS) is 1. The fraction of sp³-hybridized carbons (Fsp3) is 0.250. The Morgan fingerprint density at radius 2 is 2.00 bits per heavy atom. The van der Waals surface area contributed by atoms with Crippen molar-refractivity contribution in [3.63, 3.8) is 0 Å². The Kier molecular flexibility index (Phi) is 5.74. The third kappa shape index (κ3) is 4.37. The Labute approximate surface area is 128 Å². The minimum Gasteiger partial charge on any atom is -0.480 e. The van der Waals surface area contributed by atoms with Crippen LogP contribution >= 0.6 is 22.6 Å². The summed E-state index contributed by atoms with van der Waals surface area (Å²) < 4.78 is 6.04. The van der Waals surface area contributed by atoms with E-state index in [1.165, 1.54) is 26.1 Å². The van der Waals surface area contributed by atoms with E-state index in [4.69, 9.17) is 9.84 Å². The molecule has 1 rings (SSSR count). The highest BCUT2D eigenvalue weighted by molar-refractivity contribution is 14.1. The number of carbonyl (C=O) groups is 3. The summed E-state index contributed by atoms with van der Waals surface area (Å²) in [4.78, 5) is 33.5. The number of halogens is 1. The average Bonchev–Trinajstić information content (AvgIpc) is 2.40. The van der Waals surface area contributed by atoms with Gasteiger partial charge < -0.3 is 15.2 Å². The standard InChI is InChI=1S/C12H13IN2O5/c1-6(10(16)15-12(19)14-2)20-9-5-7(11(17)18)3-4-8(9)13/h3-6H,1-2H3,(H,17,18)(H2,14,15,16,19). The summed E-state index contributed by atoms with van der Waals surface area (Å²) in [5.74, 6) is -1.44. The summed E-state index contributed by atoms with van der Waals surface area (Å²) in [6.07, 6.45) is -0.940. The lowest BCUT2D eigenvalue weighted by Gasteiger charge is -2.15. The van der Waals surface area contributed by atoms with E-state index in [2.05, 4.69) is 10.6 Å². The summed E-state index contributed by atoms with van der Waals surface area (Å²) in [5.41, 5.74) is 0.0549. The third-order valence-electron chi connectivity index (χ3n) is 2.31. The Hall–Kier alpha value is -1.84. The molecule has 1 aromatic carbocycles. The molecule has 3 amide bonds. The van der Waals surface area contributed by atoms with Crippen LogP contribution in [0.1, 0.15) is 17.3 Å². The van der Waals surface area contributed by atoms with E-state index in [0.717, 1.165) is 0 Å². The maximum atomic E-state index is 11.6. The lowest BCUT2D eigenvalue weighted by atomic mass is 10.2. The largest absolute Gasteiger partial charge is 0.480 e. The maximum absolute atomic E-state index is 11.6. The Bertz CT molecular complexity index is 547. The highest BCUT2D eigenvalue weighted by Gasteiger charge is 2.18. The molecule has 20 heavy (non-hydrogen) atoms. The number of carboxylic acids is 1. The molecule has 108 valence electrons. The monoisotopic (exact) mass is 392 g/mol. The molecule has 1 unspecified atom stereocenters. The van der Waals surface area contributed by atoms with E-state index in [9.17, 15) is 14.4 Å². The molecular formula is C12H13IN2O5. The van der Waals surface area contributed by atoms with E-state index in [1.54, 1.807) is 6.07 Å². The molecule has 0 saturated carbocycles. The fourth-order valence-electron chi connectivity index (χ4n) is 1.25. The molecule has 0 spiro atoms. The second kappa shape index (κ2) is 7.08. The number of amides is 3. The lowest BCUT2D eigenvalue weighted by Crippen LogP contribution is -2.44. The normalized spacial score (nSPS) is 11.3. The lowest BCUT2D eigenvalue weighted by molar-refractivity contribution is -0.126. The molecule has 3 N–H and O–H groups in total. The topological polar surface area (TPSA) is 105 Å². The number of aromatic carboxylic acids is 1. The molecule has 8 heteroatoms. The molecule has 0 aliphatic carbocycles. The Morgan fingerprint density at radius 3 is 2.55 bits per heavy atom. The smallest absolute Gasteiger partial charge is 0.335 e. The summed E-state index contributed by atoms with van der Waals surface area (Å²) in [7, 11) is 1.38. The van der Waals surface area contributed by atoms with Gasteiger partial charge in [-0.15, -0.1) is 0 Å². The molecule has 1 atom stereocenters. The first-order chi connectivity index (χ1) is 9.35. The predicted molar refractivity (Wildman–Crippen MR) is 78.8 cm³/mol. The van der Waals surface area contributed by atoms with Crippen LogP contribution < -0.4 is 15.4 Å². The molecule has 1 aromatic rings. The zero-order valence-corrected chi connectivity index (χ0v) is 12.9. The van der Waals surface area contributed by atoms with Gasteiger partial charge in [0.15, 0.2) is 6.10 Å². The number of urea groups is 1. The number of hydrogen-bond donors (Lipinski definition) is 3. The van der Waals surface area contributed by atoms with E-state index in [-0.39, 0.29) is 11.3 Å². The molecular weight excluding hydrogens is 379 g/mol. The second-order valence-electron chi connectivity index (χ2n) is 3.78. The van der Waals surface area contributed by atoms with Crippen molar-refractivity contribution in [2.75, 3.05) is 7.05 Å². The van der Waals surface area contributed by atoms with Gasteiger partial charge in [-0.25, -0.2) is 9.59 Å². The molecule has 0 heterocycles. The van der Waals surface area contributed by atoms with Gasteiger partial charge in [-0.2, -0.15) is 0 Å². The van der Waals surface area contributed by atoms with E-state index >= 15 is 0 Å². The van der Waals surface area contributed by atoms with Crippen LogP contribution in [0, 0.1) is 3.57 Å². The van der Waals surface area contributed by atoms with Gasteiger partial charge in [-0.1, -0.05) is 0 Å². The van der Waals surface area contributed by atoms with Gasteiger partial charge in [0, 0.05) is 7.05 Å². The molecule has 0 fully saturated rings. The van der Waals surface area contributed by atoms with Gasteiger partial charge in [0.05, 0.1) is 9.13 Å². The summed E-state index contributed by atoms with van der Waals surface area (Å²) in [6, 6.07) is 3.70. The van der Waals surface area contributed by atoms with Crippen molar-refractivity contribution in [1.82, 2.24) is 10.6 Å². The first-order valence-corrected chi connectivity index (χ1v) is 6.65. The van der Waals surface area contributed by atoms with Gasteiger partial charge in [0.1, 0.15) is 5.75 Å². The van der Waals surface area contributed by atoms with Crippen molar-refractivity contribution in [3.05, 3.63) is 27.3 Å². The highest BCUT2D eigenvalue weighted by Crippen LogP contribution is 2.23. The molecule has 0 saturated heterocycles. The third-order valence-corrected chi connectivity index (χ3v) is 3.21. The number of benzene rings is 1. The van der Waals surface area contributed by atoms with Crippen LogP contribution in [0.5, 0.6) is 5.75 Å². The van der Waals surface area contributed by atoms with Crippen molar-refractivity contribution in [2.45, 2.75) is 13.0 Å². The summed E-state index contributed by atoms with van der Waals surface area (Å²) in [5, 5.41) is 13.2. The number of imide groups is 1. The number of carbonyl (C=O) groups excluding carboxylic acids is 2. The van der Waals surface area contributed by atoms with Crippen LogP contribution in [-0.4, -0.2) is 36.2 Å². The molecule has 7 nitrogen and oxygen atoms in total. The van der Waals surface area contributed by atoms with Crippen LogP contribution in [0.4, 0.5) is 4.79 Å². The Morgan fingerprint density at radius 1 is 1.35 bits per heavy atom. The van der Waals surface area contributed by atoms with Crippen molar-refractivity contribution in [1.29, 1.82) is 0 Å². The molecule has 0 aliphatic rings. The second-order valence-corrected chi connectivity index (χ2v) is 4.94. The number of ether oxygens (including phenoxy) is 1. The minimum absolute atomic E-state index is 0.0549. The van der Waals surface area contributed by atoms with Crippen LogP contribution in [0.2, 0.25) is 0 Å². The van der Waals surface area contributed by atoms with Crippen LogP contribution in [-0.2, 0) is 4.79 Å². The van der Waals surface area contributed by atoms with Gasteiger partial charge in [-0.05, 0) is 47.7 Å². The van der Waals surface area contributed by atoms with Crippen molar-refractivity contribution in [3.8, 4) is 5.75 Å². The quantitative estimate of drug-likeness (QED) is 0.669. The van der Waals surface area contributed by atoms with Crippen LogP contribution in [0.3, 0.4) is 0 Å². The van der Waals surface area contributed by atoms with Gasteiger partial charge in [0.25, 0.3) is 5.91 Å². The molecule has 0 aromatic heterocycles. The van der Waals surface area contributed by atoms with Gasteiger partial charge in [-0.3, -0.25) is 10.1 Å². The maximum Gasteiger partial charge on any atom is 0.335 e. The van der Waals surface area contributed by atoms with Crippen molar-refractivity contribution >= 4 is 40.5 Å². The predicted octanol–water partition coefficient (Wildman–Crippen LogP) is 1.21. The van der Waals surface area contributed by atoms with Crippen LogP contribution in [0.15, 0.2) is 18.2 Å². The zero-order valence-electron chi connectivity index (χ0n) is 10.8. The first kappa shape index (κ1) is 16.2. The highest BCUT2D eigenvalue weighted by atomic mass is 127. The van der Waals surface area contributed by atoms with Crippen molar-refractivity contribution < 1.29 is 24.2 Å². The first-order valence-electron chi connectivity index (χ1n) is 5.57. The van der Waals surface area contributed by atoms with Gasteiger partial charge in [0.2, 0.25) is 0 Å². The number of rotatable bonds is 4. The van der Waals surface area contributed by atoms with Gasteiger partial charge >= 0.3 is 12.0 Å². The summed E-state index contributed by atoms with van der Waals surface area (Å²) >= 11 is 1.96. The summed E-state index contributed by atoms with van der Waals surface area (Å²) in [6.45, 7) is 1.46. The molecule has 0 bridgehead atoms. The van der Waals surface area contributed by atoms with E-state index < -0.39 is 24.0 Å². The fourth-order valence-corrected chi connectivity index (χ4v) is 1.71. The van der Waals surface area contributed by atoms with E-state index in [0.29, 0.717) is 3.57 Å². The number of hydrogen-bond acceptors (Lipinski definition) is 4. The average molecular weight is 392 g/mol. The minimum atomic E-state index is -1.09. The molecule has 0 aliphatic heterocycles. The van der Waals surface area contributed by atoms with Crippen LogP contribution in [0.25, 0.3) is 0 Å². The molecule has 0 radical (unpaired) electrons. The SMILES string of the molecule is CNC(=O)NC(=O)C(C)Oc1cc(C(=O)O)ccc1I.